The third-order valence-electron chi connectivity index (χ3n) is 3.84. The average Bonchev–Trinajstić information content (AvgIpc) is 2.68. The van der Waals surface area contributed by atoms with E-state index >= 15 is 0 Å². The SMILES string of the molecule is CN=C(NCc1ccc(OC)c(F)c1)NCC(C)Oc1cccc(OC)c1.I. The van der Waals surface area contributed by atoms with E-state index in [1.54, 1.807) is 26.3 Å². The van der Waals surface area contributed by atoms with Crippen molar-refractivity contribution in [2.45, 2.75) is 19.6 Å². The number of aliphatic imine (C=N–C) groups is 1. The molecule has 2 aromatic rings. The summed E-state index contributed by atoms with van der Waals surface area (Å²) in [6.07, 6.45) is -0.0888. The summed E-state index contributed by atoms with van der Waals surface area (Å²) in [4.78, 5) is 4.17. The predicted octanol–water partition coefficient (Wildman–Crippen LogP) is 3.59. The number of hydrogen-bond acceptors (Lipinski definition) is 4. The second-order valence-corrected chi connectivity index (χ2v) is 5.88. The smallest absolute Gasteiger partial charge is 0.191 e. The number of halogens is 2. The molecule has 1 atom stereocenters. The summed E-state index contributed by atoms with van der Waals surface area (Å²) in [5.74, 6) is 1.93. The van der Waals surface area contributed by atoms with Gasteiger partial charge in [0.05, 0.1) is 20.8 Å². The Morgan fingerprint density at radius 3 is 2.46 bits per heavy atom. The van der Waals surface area contributed by atoms with Crippen molar-refractivity contribution >= 4 is 29.9 Å². The molecule has 8 heteroatoms. The molecular weight excluding hydrogens is 476 g/mol. The maximum Gasteiger partial charge on any atom is 0.191 e. The first-order chi connectivity index (χ1) is 13.0. The molecule has 6 nitrogen and oxygen atoms in total. The number of nitrogens with one attached hydrogen (secondary N) is 2. The molecule has 2 rings (SSSR count). The normalized spacial score (nSPS) is 11.8. The van der Waals surface area contributed by atoms with Crippen molar-refractivity contribution in [3.63, 3.8) is 0 Å². The van der Waals surface area contributed by atoms with Crippen LogP contribution in [-0.4, -0.2) is 39.9 Å². The molecule has 0 fully saturated rings. The minimum atomic E-state index is -0.389. The second-order valence-electron chi connectivity index (χ2n) is 5.88. The molecule has 0 heterocycles. The van der Waals surface area contributed by atoms with Gasteiger partial charge in [-0.15, -0.1) is 24.0 Å². The standard InChI is InChI=1S/C20H26FN3O3.HI/c1-14(27-17-7-5-6-16(11-17)25-3)12-23-20(22-2)24-13-15-8-9-19(26-4)18(21)10-15;/h5-11,14H,12-13H2,1-4H3,(H2,22,23,24);1H. The van der Waals surface area contributed by atoms with Gasteiger partial charge in [0.1, 0.15) is 17.6 Å². The highest BCUT2D eigenvalue weighted by Gasteiger charge is 2.08. The summed E-state index contributed by atoms with van der Waals surface area (Å²) in [5.41, 5.74) is 0.789. The maximum atomic E-state index is 13.7. The molecule has 0 aliphatic rings. The van der Waals surface area contributed by atoms with Crippen LogP contribution < -0.4 is 24.8 Å². The monoisotopic (exact) mass is 503 g/mol. The van der Waals surface area contributed by atoms with E-state index in [1.165, 1.54) is 13.2 Å². The summed E-state index contributed by atoms with van der Waals surface area (Å²) in [5, 5.41) is 6.33. The lowest BCUT2D eigenvalue weighted by atomic mass is 10.2. The molecule has 0 bridgehead atoms. The van der Waals surface area contributed by atoms with Crippen molar-refractivity contribution in [2.75, 3.05) is 27.8 Å². The Bertz CT molecular complexity index is 774. The van der Waals surface area contributed by atoms with Gasteiger partial charge in [-0.2, -0.15) is 0 Å². The average molecular weight is 503 g/mol. The highest BCUT2D eigenvalue weighted by Crippen LogP contribution is 2.20. The molecular formula is C20H27FIN3O3. The lowest BCUT2D eigenvalue weighted by Crippen LogP contribution is -2.41. The molecule has 0 amide bonds. The molecule has 0 saturated carbocycles. The van der Waals surface area contributed by atoms with Crippen molar-refractivity contribution in [1.82, 2.24) is 10.6 Å². The number of guanidine groups is 1. The molecule has 0 aliphatic heterocycles. The first-order valence-electron chi connectivity index (χ1n) is 8.63. The number of nitrogens with zero attached hydrogens (tertiary/aromatic N) is 1. The van der Waals surface area contributed by atoms with Gasteiger partial charge >= 0.3 is 0 Å². The van der Waals surface area contributed by atoms with E-state index in [1.807, 2.05) is 31.2 Å². The van der Waals surface area contributed by atoms with Crippen molar-refractivity contribution in [3.8, 4) is 17.2 Å². The van der Waals surface area contributed by atoms with E-state index in [9.17, 15) is 4.39 Å². The Kier molecular flexibility index (Phi) is 10.4. The van der Waals surface area contributed by atoms with Crippen LogP contribution in [0, 0.1) is 5.82 Å². The fourth-order valence-corrected chi connectivity index (χ4v) is 2.42. The summed E-state index contributed by atoms with van der Waals surface area (Å²) in [7, 11) is 4.74. The third-order valence-corrected chi connectivity index (χ3v) is 3.84. The van der Waals surface area contributed by atoms with Gasteiger partial charge in [-0.25, -0.2) is 4.39 Å². The molecule has 1 unspecified atom stereocenters. The number of ether oxygens (including phenoxy) is 3. The van der Waals surface area contributed by atoms with E-state index in [4.69, 9.17) is 14.2 Å². The van der Waals surface area contributed by atoms with Crippen LogP contribution in [0.5, 0.6) is 17.2 Å². The van der Waals surface area contributed by atoms with Crippen molar-refractivity contribution < 1.29 is 18.6 Å². The predicted molar refractivity (Wildman–Crippen MR) is 120 cm³/mol. The largest absolute Gasteiger partial charge is 0.497 e. The molecule has 0 aromatic heterocycles. The summed E-state index contributed by atoms with van der Waals surface area (Å²) in [6, 6.07) is 12.3. The Labute approximate surface area is 182 Å². The molecule has 0 aliphatic carbocycles. The van der Waals surface area contributed by atoms with Gasteiger partial charge in [0, 0.05) is 19.7 Å². The zero-order valence-corrected chi connectivity index (χ0v) is 18.8. The third kappa shape index (κ3) is 7.41. The molecule has 2 N–H and O–H groups in total. The molecule has 0 spiro atoms. The van der Waals surface area contributed by atoms with Crippen LogP contribution in [0.1, 0.15) is 12.5 Å². The van der Waals surface area contributed by atoms with Crippen LogP contribution in [0.3, 0.4) is 0 Å². The van der Waals surface area contributed by atoms with Gasteiger partial charge in [0.2, 0.25) is 0 Å². The molecule has 2 aromatic carbocycles. The number of rotatable bonds is 8. The van der Waals surface area contributed by atoms with Gasteiger partial charge in [-0.3, -0.25) is 4.99 Å². The minimum absolute atomic E-state index is 0. The van der Waals surface area contributed by atoms with Crippen molar-refractivity contribution in [2.24, 2.45) is 4.99 Å². The van der Waals surface area contributed by atoms with Gasteiger partial charge in [0.15, 0.2) is 17.5 Å². The van der Waals surface area contributed by atoms with Crippen molar-refractivity contribution in [3.05, 3.63) is 53.8 Å². The van der Waals surface area contributed by atoms with Gasteiger partial charge in [-0.1, -0.05) is 12.1 Å². The van der Waals surface area contributed by atoms with E-state index in [-0.39, 0.29) is 41.6 Å². The minimum Gasteiger partial charge on any atom is -0.497 e. The summed E-state index contributed by atoms with van der Waals surface area (Å²) in [6.45, 7) is 2.94. The van der Waals surface area contributed by atoms with Gasteiger partial charge in [0.25, 0.3) is 0 Å². The van der Waals surface area contributed by atoms with Crippen LogP contribution in [0.2, 0.25) is 0 Å². The quantitative estimate of drug-likeness (QED) is 0.328. The van der Waals surface area contributed by atoms with Crippen LogP contribution in [0.25, 0.3) is 0 Å². The number of hydrogen-bond donors (Lipinski definition) is 2. The molecule has 154 valence electrons. The molecule has 28 heavy (non-hydrogen) atoms. The van der Waals surface area contributed by atoms with Crippen LogP contribution in [0.4, 0.5) is 4.39 Å². The fraction of sp³-hybridized carbons (Fsp3) is 0.350. The first-order valence-corrected chi connectivity index (χ1v) is 8.63. The summed E-state index contributed by atoms with van der Waals surface area (Å²) >= 11 is 0. The molecule has 0 saturated heterocycles. The first kappa shape index (κ1) is 23.8. The van der Waals surface area contributed by atoms with Gasteiger partial charge in [-0.05, 0) is 36.8 Å². The Morgan fingerprint density at radius 1 is 1.07 bits per heavy atom. The Morgan fingerprint density at radius 2 is 1.82 bits per heavy atom. The number of benzene rings is 2. The topological polar surface area (TPSA) is 64.1 Å². The second kappa shape index (κ2) is 12.3. The maximum absolute atomic E-state index is 13.7. The zero-order chi connectivity index (χ0) is 19.6. The van der Waals surface area contributed by atoms with E-state index in [2.05, 4.69) is 15.6 Å². The van der Waals surface area contributed by atoms with Crippen LogP contribution in [0.15, 0.2) is 47.5 Å². The summed E-state index contributed by atoms with van der Waals surface area (Å²) < 4.78 is 29.7. The zero-order valence-electron chi connectivity index (χ0n) is 16.5. The number of methoxy groups -OCH3 is 2. The van der Waals surface area contributed by atoms with E-state index in [0.717, 1.165) is 17.1 Å². The van der Waals surface area contributed by atoms with E-state index in [0.29, 0.717) is 19.0 Å². The highest BCUT2D eigenvalue weighted by molar-refractivity contribution is 14.0. The lowest BCUT2D eigenvalue weighted by molar-refractivity contribution is 0.223. The lowest BCUT2D eigenvalue weighted by Gasteiger charge is -2.18. The van der Waals surface area contributed by atoms with Crippen LogP contribution in [-0.2, 0) is 6.54 Å². The molecule has 0 radical (unpaired) electrons. The van der Waals surface area contributed by atoms with Crippen molar-refractivity contribution in [1.29, 1.82) is 0 Å². The van der Waals surface area contributed by atoms with Gasteiger partial charge < -0.3 is 24.8 Å². The Hall–Kier alpha value is -2.23. The highest BCUT2D eigenvalue weighted by atomic mass is 127. The van der Waals surface area contributed by atoms with Crippen LogP contribution >= 0.6 is 24.0 Å². The van der Waals surface area contributed by atoms with E-state index < -0.39 is 0 Å². The Balaban J connectivity index is 0.00000392. The fourth-order valence-electron chi connectivity index (χ4n) is 2.42.